The van der Waals surface area contributed by atoms with Crippen molar-refractivity contribution in [2.24, 2.45) is 10.7 Å². The van der Waals surface area contributed by atoms with E-state index in [4.69, 9.17) is 30.7 Å². The molecule has 2 heterocycles. The number of allylic oxidation sites excluding steroid dienone is 1. The first-order valence-corrected chi connectivity index (χ1v) is 15.4. The Bertz CT molecular complexity index is 1790. The minimum Gasteiger partial charge on any atom is -0.493 e. The number of rotatable bonds is 6. The number of hydrogen-bond donors (Lipinski definition) is 4. The average Bonchev–Trinajstić information content (AvgIpc) is 3.45. The van der Waals surface area contributed by atoms with E-state index in [0.29, 0.717) is 24.8 Å². The second-order valence-corrected chi connectivity index (χ2v) is 12.4. The third-order valence-electron chi connectivity index (χ3n) is 6.57. The topological polar surface area (TPSA) is 147 Å². The van der Waals surface area contributed by atoms with Crippen molar-refractivity contribution in [1.82, 2.24) is 4.98 Å². The van der Waals surface area contributed by atoms with Crippen LogP contribution in [0.3, 0.4) is 0 Å². The molecule has 0 saturated carbocycles. The van der Waals surface area contributed by atoms with Crippen LogP contribution in [0.2, 0.25) is 0 Å². The number of ether oxygens (including phenoxy) is 2. The predicted molar refractivity (Wildman–Crippen MR) is 164 cm³/mol. The number of sulfone groups is 1. The van der Waals surface area contributed by atoms with Gasteiger partial charge in [0.25, 0.3) is 0 Å². The van der Waals surface area contributed by atoms with Crippen molar-refractivity contribution in [1.29, 1.82) is 0 Å². The van der Waals surface area contributed by atoms with Crippen molar-refractivity contribution in [3.05, 3.63) is 102 Å². The van der Waals surface area contributed by atoms with E-state index in [1.807, 2.05) is 25.1 Å². The van der Waals surface area contributed by atoms with E-state index in [-0.39, 0.29) is 49.3 Å². The van der Waals surface area contributed by atoms with Crippen LogP contribution < -0.4 is 15.2 Å². The van der Waals surface area contributed by atoms with Crippen LogP contribution in [-0.4, -0.2) is 49.2 Å². The van der Waals surface area contributed by atoms with Gasteiger partial charge in [-0.05, 0) is 48.9 Å². The Hall–Kier alpha value is -3.64. The normalized spacial score (nSPS) is 16.0. The number of nitrogens with zero attached hydrogens (tertiary/aromatic N) is 1. The van der Waals surface area contributed by atoms with Gasteiger partial charge in [0.05, 0.1) is 17.7 Å². The summed E-state index contributed by atoms with van der Waals surface area (Å²) in [6.07, 6.45) is 8.13. The number of nitrogens with two attached hydrogens (primary N) is 1. The molecule has 9 nitrogen and oxygen atoms in total. The molecule has 0 radical (unpaired) electrons. The van der Waals surface area contributed by atoms with Crippen LogP contribution in [0.4, 0.5) is 13.2 Å². The Morgan fingerprint density at radius 1 is 1.16 bits per heavy atom. The van der Waals surface area contributed by atoms with E-state index in [0.717, 1.165) is 35.5 Å². The first kappa shape index (κ1) is 37.5. The number of aliphatic imine (C=N–C) groups is 1. The summed E-state index contributed by atoms with van der Waals surface area (Å²) >= 11 is 0. The number of para-hydroxylation sites is 1. The molecule has 242 valence electrons. The Morgan fingerprint density at radius 3 is 2.51 bits per heavy atom. The van der Waals surface area contributed by atoms with Gasteiger partial charge in [-0.25, -0.2) is 17.2 Å². The molecule has 1 atom stereocenters. The van der Waals surface area contributed by atoms with E-state index in [2.05, 4.69) is 11.9 Å². The molecule has 5 N–H and O–H groups in total. The number of nitrogens with one attached hydrogen (secondary N) is 1. The fourth-order valence-corrected chi connectivity index (χ4v) is 4.47. The van der Waals surface area contributed by atoms with Gasteiger partial charge >= 0.3 is 0 Å². The van der Waals surface area contributed by atoms with E-state index in [1.54, 1.807) is 12.3 Å². The van der Waals surface area contributed by atoms with E-state index < -0.39 is 32.8 Å². The first-order valence-electron chi connectivity index (χ1n) is 13.1. The molecule has 14 heteroatoms. The maximum Gasteiger partial charge on any atom is 0.203 e. The van der Waals surface area contributed by atoms with Crippen LogP contribution in [0.1, 0.15) is 30.0 Å². The Labute approximate surface area is 273 Å². The number of halogens is 3. The summed E-state index contributed by atoms with van der Waals surface area (Å²) in [7, 11) is -2.67. The molecule has 1 aliphatic rings. The maximum atomic E-state index is 14.6. The third kappa shape index (κ3) is 9.43. The molecule has 0 amide bonds. The molecule has 0 aliphatic carbocycles. The SMILES string of the molecule is CS(C)(=O)=O.OO.[CH2-]Cc1cccc2c1OCCC2(C)N=C/C=C(\N)c1cc(Oc2cc3cc[nH]c3c(F)c2F)ccc1F.[W]. The van der Waals surface area contributed by atoms with Gasteiger partial charge in [0.1, 0.15) is 27.2 Å². The van der Waals surface area contributed by atoms with Crippen LogP contribution in [0, 0.1) is 24.4 Å². The largest absolute Gasteiger partial charge is 0.493 e. The smallest absolute Gasteiger partial charge is 0.203 e. The molecule has 45 heavy (non-hydrogen) atoms. The average molecular weight is 817 g/mol. The van der Waals surface area contributed by atoms with Crippen LogP contribution in [0.15, 0.2) is 65.8 Å². The Kier molecular flexibility index (Phi) is 13.4. The molecule has 1 unspecified atom stereocenters. The quantitative estimate of drug-likeness (QED) is 0.0753. The zero-order valence-corrected chi connectivity index (χ0v) is 28.4. The molecular formula is C31H33F3N3O6SW-. The number of aromatic amines is 1. The van der Waals surface area contributed by atoms with Crippen LogP contribution >= 0.6 is 0 Å². The van der Waals surface area contributed by atoms with Crippen LogP contribution in [0.5, 0.6) is 17.2 Å². The van der Waals surface area contributed by atoms with E-state index in [1.165, 1.54) is 30.5 Å². The summed E-state index contributed by atoms with van der Waals surface area (Å²) in [6.45, 7) is 6.48. The van der Waals surface area contributed by atoms with Gasteiger partial charge in [-0.3, -0.25) is 15.5 Å². The second-order valence-electron chi connectivity index (χ2n) is 10.1. The minimum absolute atomic E-state index is 0. The third-order valence-corrected chi connectivity index (χ3v) is 6.57. The van der Waals surface area contributed by atoms with Crippen molar-refractivity contribution >= 4 is 32.7 Å². The zero-order valence-electron chi connectivity index (χ0n) is 24.7. The standard InChI is InChI=1S/C29H25F3N3O2.C2H6O2S.H2O2.W/c1-3-17-5-4-6-21-28(17)36-14-11-29(21,2)35-13-10-23(33)20-16-19(7-8-22(20)30)37-24-15-18-9-12-34-27(18)26(32)25(24)31;1-5(2,3)4;1-2;/h4-10,12-13,15-16,34H,1,3,11,14,33H2,2H3;1-2H3;1-2H;/q-1;;;/b23-10-,35-13?;;;. The van der Waals surface area contributed by atoms with Gasteiger partial charge in [0.2, 0.25) is 5.82 Å². The molecule has 5 rings (SSSR count). The Morgan fingerprint density at radius 2 is 1.84 bits per heavy atom. The van der Waals surface area contributed by atoms with Crippen LogP contribution in [0.25, 0.3) is 16.6 Å². The maximum absolute atomic E-state index is 14.6. The Balaban J connectivity index is 0.000000805. The van der Waals surface area contributed by atoms with Gasteiger partial charge < -0.3 is 27.1 Å². The van der Waals surface area contributed by atoms with Gasteiger partial charge in [-0.2, -0.15) is 10.8 Å². The van der Waals surface area contributed by atoms with Crippen molar-refractivity contribution in [3.8, 4) is 17.2 Å². The fraction of sp³-hybridized carbons (Fsp3) is 0.226. The number of benzene rings is 3. The van der Waals surface area contributed by atoms with Crippen molar-refractivity contribution in [2.45, 2.75) is 25.3 Å². The summed E-state index contributed by atoms with van der Waals surface area (Å²) in [5, 5.41) is 12.4. The molecule has 0 spiro atoms. The molecule has 1 aliphatic heterocycles. The van der Waals surface area contributed by atoms with Crippen molar-refractivity contribution in [3.63, 3.8) is 0 Å². The zero-order chi connectivity index (χ0) is 32.7. The van der Waals surface area contributed by atoms with E-state index >= 15 is 0 Å². The summed E-state index contributed by atoms with van der Waals surface area (Å²) in [5.41, 5.74) is 7.79. The second kappa shape index (κ2) is 16.1. The molecule has 1 aromatic heterocycles. The van der Waals surface area contributed by atoms with Crippen LogP contribution in [-0.2, 0) is 42.9 Å². The summed E-state index contributed by atoms with van der Waals surface area (Å²) in [4.78, 5) is 7.37. The predicted octanol–water partition coefficient (Wildman–Crippen LogP) is 6.50. The number of H-pyrrole nitrogens is 1. The molecule has 0 bridgehead atoms. The van der Waals surface area contributed by atoms with Gasteiger partial charge in [-0.1, -0.05) is 18.2 Å². The molecule has 0 saturated heterocycles. The molecule has 4 aromatic rings. The number of hydrogen-bond acceptors (Lipinski definition) is 8. The molecular weight excluding hydrogens is 783 g/mol. The number of fused-ring (bicyclic) bond motifs is 2. The van der Waals surface area contributed by atoms with Gasteiger partial charge in [-0.15, -0.1) is 0 Å². The number of aromatic nitrogens is 1. The summed E-state index contributed by atoms with van der Waals surface area (Å²) in [5.74, 6) is -2.21. The monoisotopic (exact) mass is 816 g/mol. The van der Waals surface area contributed by atoms with Crippen molar-refractivity contribution in [2.75, 3.05) is 19.1 Å². The molecule has 3 aromatic carbocycles. The van der Waals surface area contributed by atoms with E-state index in [9.17, 15) is 21.6 Å². The van der Waals surface area contributed by atoms with Gasteiger partial charge in [0, 0.05) is 74.6 Å². The molecule has 0 fully saturated rings. The minimum atomic E-state index is -2.67. The first-order chi connectivity index (χ1) is 20.8. The fourth-order valence-electron chi connectivity index (χ4n) is 4.47. The van der Waals surface area contributed by atoms with Gasteiger partial charge in [0.15, 0.2) is 11.6 Å². The summed E-state index contributed by atoms with van der Waals surface area (Å²) < 4.78 is 74.2. The van der Waals surface area contributed by atoms with Crippen molar-refractivity contribution < 1.29 is 62.6 Å². The summed E-state index contributed by atoms with van der Waals surface area (Å²) in [6, 6.07) is 12.7.